The molecule has 5 heteroatoms. The van der Waals surface area contributed by atoms with Gasteiger partial charge in [0, 0.05) is 40.9 Å². The van der Waals surface area contributed by atoms with Crippen molar-refractivity contribution in [3.63, 3.8) is 0 Å². The van der Waals surface area contributed by atoms with Crippen LogP contribution < -0.4 is 5.32 Å². The number of nitrogens with zero attached hydrogens (tertiary/aromatic N) is 1. The molecular formula is C24H20N2O3. The van der Waals surface area contributed by atoms with Crippen molar-refractivity contribution in [1.82, 2.24) is 4.98 Å². The van der Waals surface area contributed by atoms with Crippen LogP contribution in [0.1, 0.15) is 46.7 Å². The predicted molar refractivity (Wildman–Crippen MR) is 111 cm³/mol. The molecule has 0 bridgehead atoms. The van der Waals surface area contributed by atoms with Crippen LogP contribution in [0.15, 0.2) is 66.0 Å². The zero-order chi connectivity index (χ0) is 20.0. The van der Waals surface area contributed by atoms with Crippen LogP contribution in [-0.4, -0.2) is 23.8 Å². The van der Waals surface area contributed by atoms with Crippen molar-refractivity contribution in [3.8, 4) is 0 Å². The third-order valence-corrected chi connectivity index (χ3v) is 5.81. The highest BCUT2D eigenvalue weighted by atomic mass is 16.5. The van der Waals surface area contributed by atoms with Gasteiger partial charge in [-0.05, 0) is 54.3 Å². The molecule has 5 rings (SSSR count). The van der Waals surface area contributed by atoms with Crippen molar-refractivity contribution < 1.29 is 14.3 Å². The number of carbonyl (C=O) groups is 2. The van der Waals surface area contributed by atoms with Gasteiger partial charge in [0.2, 0.25) is 0 Å². The van der Waals surface area contributed by atoms with Gasteiger partial charge in [-0.3, -0.25) is 9.78 Å². The number of carbonyl (C=O) groups excluding carboxylic acids is 2. The maximum absolute atomic E-state index is 13.0. The minimum Gasteiger partial charge on any atom is -0.465 e. The van der Waals surface area contributed by atoms with E-state index in [9.17, 15) is 9.59 Å². The topological polar surface area (TPSA) is 68.3 Å². The van der Waals surface area contributed by atoms with Gasteiger partial charge < -0.3 is 10.1 Å². The molecule has 5 nitrogen and oxygen atoms in total. The predicted octanol–water partition coefficient (Wildman–Crippen LogP) is 4.59. The van der Waals surface area contributed by atoms with E-state index in [0.29, 0.717) is 12.0 Å². The number of hydrogen-bond donors (Lipinski definition) is 1. The summed E-state index contributed by atoms with van der Waals surface area (Å²) in [4.78, 5) is 29.3. The van der Waals surface area contributed by atoms with Gasteiger partial charge in [0.05, 0.1) is 18.2 Å². The number of aromatic nitrogens is 1. The SMILES string of the molecule is COC(=O)c1ccc(C2C3=C(CCCC3=O)Nc3ccc4ncccc4c32)cc1. The number of rotatable bonds is 2. The van der Waals surface area contributed by atoms with Crippen LogP contribution in [-0.2, 0) is 9.53 Å². The van der Waals surface area contributed by atoms with Gasteiger partial charge in [-0.1, -0.05) is 18.2 Å². The lowest BCUT2D eigenvalue weighted by Gasteiger charge is -2.34. The highest BCUT2D eigenvalue weighted by molar-refractivity contribution is 6.03. The molecule has 0 radical (unpaired) electrons. The van der Waals surface area contributed by atoms with Crippen molar-refractivity contribution in [2.45, 2.75) is 25.2 Å². The second-order valence-electron chi connectivity index (χ2n) is 7.44. The van der Waals surface area contributed by atoms with Gasteiger partial charge in [0.25, 0.3) is 0 Å². The Labute approximate surface area is 168 Å². The van der Waals surface area contributed by atoms with Gasteiger partial charge in [-0.25, -0.2) is 4.79 Å². The number of pyridine rings is 1. The fourth-order valence-corrected chi connectivity index (χ4v) is 4.49. The van der Waals surface area contributed by atoms with Crippen LogP contribution in [0.3, 0.4) is 0 Å². The molecule has 0 saturated heterocycles. The molecule has 2 heterocycles. The molecule has 2 aromatic carbocycles. The van der Waals surface area contributed by atoms with Gasteiger partial charge in [0.1, 0.15) is 0 Å². The number of hydrogen-bond acceptors (Lipinski definition) is 5. The van der Waals surface area contributed by atoms with E-state index in [4.69, 9.17) is 4.74 Å². The number of ketones is 1. The molecule has 2 aliphatic rings. The van der Waals surface area contributed by atoms with Crippen molar-refractivity contribution >= 4 is 28.3 Å². The largest absolute Gasteiger partial charge is 0.465 e. The number of allylic oxidation sites excluding steroid dienone is 2. The Morgan fingerprint density at radius 1 is 1.10 bits per heavy atom. The molecule has 144 valence electrons. The standard InChI is InChI=1S/C24H20N2O3/c1-29-24(28)15-9-7-14(8-10-15)21-22-16-4-3-13-25-17(16)11-12-19(22)26-18-5-2-6-20(27)23(18)21/h3-4,7-13,21,26H,2,5-6H2,1H3. The second-order valence-corrected chi connectivity index (χ2v) is 7.44. The number of anilines is 1. The Balaban J connectivity index is 1.75. The Hall–Kier alpha value is -3.47. The molecule has 1 unspecified atom stereocenters. The molecule has 29 heavy (non-hydrogen) atoms. The number of fused-ring (bicyclic) bond motifs is 3. The molecule has 1 aliphatic carbocycles. The first-order valence-corrected chi connectivity index (χ1v) is 9.76. The lowest BCUT2D eigenvalue weighted by atomic mass is 9.74. The average molecular weight is 384 g/mol. The number of benzene rings is 2. The van der Waals surface area contributed by atoms with E-state index < -0.39 is 0 Å². The molecule has 0 saturated carbocycles. The lowest BCUT2D eigenvalue weighted by Crippen LogP contribution is -2.27. The normalized spacial score (nSPS) is 18.1. The zero-order valence-electron chi connectivity index (χ0n) is 16.1. The first kappa shape index (κ1) is 17.6. The maximum atomic E-state index is 13.0. The minimum absolute atomic E-state index is 0.186. The maximum Gasteiger partial charge on any atom is 0.337 e. The molecule has 1 N–H and O–H groups in total. The van der Waals surface area contributed by atoms with Crippen molar-refractivity contribution in [3.05, 3.63) is 82.7 Å². The van der Waals surface area contributed by atoms with E-state index in [1.54, 1.807) is 18.3 Å². The van der Waals surface area contributed by atoms with E-state index >= 15 is 0 Å². The number of nitrogens with one attached hydrogen (secondary N) is 1. The highest BCUT2D eigenvalue weighted by Gasteiger charge is 2.36. The Morgan fingerprint density at radius 2 is 1.93 bits per heavy atom. The molecule has 0 spiro atoms. The zero-order valence-corrected chi connectivity index (χ0v) is 16.1. The van der Waals surface area contributed by atoms with Crippen LogP contribution in [0.5, 0.6) is 0 Å². The summed E-state index contributed by atoms with van der Waals surface area (Å²) in [5.74, 6) is -0.369. The Kier molecular flexibility index (Phi) is 4.16. The number of methoxy groups -OCH3 is 1. The van der Waals surface area contributed by atoms with E-state index in [1.165, 1.54) is 7.11 Å². The summed E-state index contributed by atoms with van der Waals surface area (Å²) in [6, 6.07) is 15.4. The summed E-state index contributed by atoms with van der Waals surface area (Å²) in [6.45, 7) is 0. The molecule has 1 atom stereocenters. The number of Topliss-reactive ketones (excluding diaryl/α,β-unsaturated/α-hetero) is 1. The van der Waals surface area contributed by atoms with E-state index in [2.05, 4.69) is 16.4 Å². The first-order chi connectivity index (χ1) is 14.2. The molecule has 1 aromatic heterocycles. The van der Waals surface area contributed by atoms with Crippen LogP contribution in [0.25, 0.3) is 10.9 Å². The van der Waals surface area contributed by atoms with E-state index in [0.717, 1.165) is 51.8 Å². The van der Waals surface area contributed by atoms with Gasteiger partial charge in [-0.2, -0.15) is 0 Å². The van der Waals surface area contributed by atoms with Crippen molar-refractivity contribution in [2.75, 3.05) is 12.4 Å². The second kappa shape index (κ2) is 6.85. The number of esters is 1. The lowest BCUT2D eigenvalue weighted by molar-refractivity contribution is -0.116. The monoisotopic (exact) mass is 384 g/mol. The molecule has 1 aliphatic heterocycles. The Bertz CT molecular complexity index is 1180. The van der Waals surface area contributed by atoms with Gasteiger partial charge in [0.15, 0.2) is 5.78 Å². The average Bonchev–Trinajstić information content (AvgIpc) is 2.77. The summed E-state index contributed by atoms with van der Waals surface area (Å²) in [5.41, 5.74) is 6.31. The van der Waals surface area contributed by atoms with Crippen molar-refractivity contribution in [1.29, 1.82) is 0 Å². The molecule has 3 aromatic rings. The highest BCUT2D eigenvalue weighted by Crippen LogP contribution is 2.47. The van der Waals surface area contributed by atoms with Gasteiger partial charge in [-0.15, -0.1) is 0 Å². The van der Waals surface area contributed by atoms with E-state index in [1.807, 2.05) is 30.3 Å². The summed E-state index contributed by atoms with van der Waals surface area (Å²) >= 11 is 0. The fraction of sp³-hybridized carbons (Fsp3) is 0.208. The quantitative estimate of drug-likeness (QED) is 0.655. The summed E-state index contributed by atoms with van der Waals surface area (Å²) in [7, 11) is 1.37. The third kappa shape index (κ3) is 2.81. The smallest absolute Gasteiger partial charge is 0.337 e. The van der Waals surface area contributed by atoms with Crippen LogP contribution in [0, 0.1) is 0 Å². The third-order valence-electron chi connectivity index (χ3n) is 5.81. The summed E-state index contributed by atoms with van der Waals surface area (Å²) < 4.78 is 4.82. The minimum atomic E-state index is -0.370. The molecule has 0 fully saturated rings. The van der Waals surface area contributed by atoms with Crippen LogP contribution in [0.4, 0.5) is 5.69 Å². The molecular weight excluding hydrogens is 364 g/mol. The van der Waals surface area contributed by atoms with Gasteiger partial charge >= 0.3 is 5.97 Å². The summed E-state index contributed by atoms with van der Waals surface area (Å²) in [5, 5.41) is 4.55. The van der Waals surface area contributed by atoms with Crippen molar-refractivity contribution in [2.24, 2.45) is 0 Å². The molecule has 0 amide bonds. The van der Waals surface area contributed by atoms with Crippen LogP contribution in [0.2, 0.25) is 0 Å². The van der Waals surface area contributed by atoms with Crippen LogP contribution >= 0.6 is 0 Å². The fourth-order valence-electron chi connectivity index (χ4n) is 4.49. The number of ether oxygens (including phenoxy) is 1. The Morgan fingerprint density at radius 3 is 2.72 bits per heavy atom. The summed E-state index contributed by atoms with van der Waals surface area (Å²) in [6.07, 6.45) is 4.07. The first-order valence-electron chi connectivity index (χ1n) is 9.76. The van der Waals surface area contributed by atoms with E-state index in [-0.39, 0.29) is 17.7 Å².